The van der Waals surface area contributed by atoms with E-state index in [0.717, 1.165) is 23.1 Å². The molecule has 0 aliphatic rings. The summed E-state index contributed by atoms with van der Waals surface area (Å²) in [6.07, 6.45) is 2.96. The summed E-state index contributed by atoms with van der Waals surface area (Å²) in [5.41, 5.74) is 2.42. The molecule has 0 fully saturated rings. The van der Waals surface area contributed by atoms with E-state index < -0.39 is 0 Å². The highest BCUT2D eigenvalue weighted by Crippen LogP contribution is 2.20. The molecule has 0 radical (unpaired) electrons. The molecule has 2 N–H and O–H groups in total. The Bertz CT molecular complexity index is 699. The minimum absolute atomic E-state index is 0.617. The van der Waals surface area contributed by atoms with E-state index in [0.29, 0.717) is 5.92 Å². The van der Waals surface area contributed by atoms with Crippen molar-refractivity contribution in [2.24, 2.45) is 5.92 Å². The zero-order chi connectivity index (χ0) is 13.9. The molecule has 0 saturated heterocycles. The standard InChI is InChI=1S/C15H18N4S/c1-10(2)7-14-18-19-15(20-14)17-9-11-3-4-13-12(8-11)5-6-16-13/h3-6,8,10,16H,7,9H2,1-2H3,(H,17,19). The molecule has 2 heterocycles. The average molecular weight is 286 g/mol. The normalized spacial score (nSPS) is 11.3. The quantitative estimate of drug-likeness (QED) is 0.749. The van der Waals surface area contributed by atoms with Gasteiger partial charge in [0, 0.05) is 24.7 Å². The fourth-order valence-electron chi connectivity index (χ4n) is 2.15. The van der Waals surface area contributed by atoms with Crippen LogP contribution in [0.25, 0.3) is 10.9 Å². The molecule has 0 saturated carbocycles. The Morgan fingerprint density at radius 1 is 1.25 bits per heavy atom. The summed E-state index contributed by atoms with van der Waals surface area (Å²) in [4.78, 5) is 3.20. The van der Waals surface area contributed by atoms with Gasteiger partial charge >= 0.3 is 0 Å². The van der Waals surface area contributed by atoms with Crippen LogP contribution in [0.3, 0.4) is 0 Å². The highest BCUT2D eigenvalue weighted by atomic mass is 32.1. The maximum atomic E-state index is 4.21. The largest absolute Gasteiger partial charge is 0.361 e. The number of hydrogen-bond donors (Lipinski definition) is 2. The average Bonchev–Trinajstić information content (AvgIpc) is 3.03. The van der Waals surface area contributed by atoms with Gasteiger partial charge in [0.2, 0.25) is 5.13 Å². The van der Waals surface area contributed by atoms with Crippen molar-refractivity contribution in [2.45, 2.75) is 26.8 Å². The van der Waals surface area contributed by atoms with Gasteiger partial charge in [0.25, 0.3) is 0 Å². The van der Waals surface area contributed by atoms with Crippen LogP contribution in [0, 0.1) is 5.92 Å². The first-order chi connectivity index (χ1) is 9.70. The first-order valence-corrected chi connectivity index (χ1v) is 7.64. The number of aromatic nitrogens is 3. The number of hydrogen-bond acceptors (Lipinski definition) is 4. The molecule has 1 aromatic carbocycles. The Morgan fingerprint density at radius 2 is 2.15 bits per heavy atom. The van der Waals surface area contributed by atoms with Gasteiger partial charge in [0.1, 0.15) is 5.01 Å². The number of fused-ring (bicyclic) bond motifs is 1. The number of nitrogens with zero attached hydrogens (tertiary/aromatic N) is 2. The van der Waals surface area contributed by atoms with Crippen LogP contribution in [0.5, 0.6) is 0 Å². The molecule has 0 unspecified atom stereocenters. The fourth-order valence-corrected chi connectivity index (χ4v) is 3.09. The number of rotatable bonds is 5. The maximum Gasteiger partial charge on any atom is 0.205 e. The lowest BCUT2D eigenvalue weighted by Gasteiger charge is -2.02. The van der Waals surface area contributed by atoms with E-state index in [1.165, 1.54) is 16.5 Å². The number of H-pyrrole nitrogens is 1. The lowest BCUT2D eigenvalue weighted by Crippen LogP contribution is -1.98. The summed E-state index contributed by atoms with van der Waals surface area (Å²) in [5.74, 6) is 0.617. The summed E-state index contributed by atoms with van der Waals surface area (Å²) in [6.45, 7) is 5.17. The predicted molar refractivity (Wildman–Crippen MR) is 84.1 cm³/mol. The molecule has 20 heavy (non-hydrogen) atoms. The SMILES string of the molecule is CC(C)Cc1nnc(NCc2ccc3[nH]ccc3c2)s1. The van der Waals surface area contributed by atoms with Gasteiger partial charge in [0.15, 0.2) is 0 Å². The van der Waals surface area contributed by atoms with Gasteiger partial charge in [-0.2, -0.15) is 0 Å². The van der Waals surface area contributed by atoms with Crippen LogP contribution in [0.4, 0.5) is 5.13 Å². The van der Waals surface area contributed by atoms with E-state index in [-0.39, 0.29) is 0 Å². The second-order valence-corrected chi connectivity index (χ2v) is 6.41. The molecule has 0 bridgehead atoms. The van der Waals surface area contributed by atoms with Gasteiger partial charge in [-0.1, -0.05) is 31.3 Å². The van der Waals surface area contributed by atoms with Crippen molar-refractivity contribution in [1.82, 2.24) is 15.2 Å². The summed E-state index contributed by atoms with van der Waals surface area (Å²) < 4.78 is 0. The second kappa shape index (κ2) is 5.63. The summed E-state index contributed by atoms with van der Waals surface area (Å²) >= 11 is 1.65. The Kier molecular flexibility index (Phi) is 3.69. The molecule has 5 heteroatoms. The van der Waals surface area contributed by atoms with Gasteiger partial charge in [0.05, 0.1) is 0 Å². The van der Waals surface area contributed by atoms with Crippen LogP contribution in [0.2, 0.25) is 0 Å². The number of anilines is 1. The van der Waals surface area contributed by atoms with E-state index in [4.69, 9.17) is 0 Å². The highest BCUT2D eigenvalue weighted by Gasteiger charge is 2.06. The van der Waals surface area contributed by atoms with E-state index >= 15 is 0 Å². The Balaban J connectivity index is 1.64. The van der Waals surface area contributed by atoms with Gasteiger partial charge in [-0.15, -0.1) is 10.2 Å². The van der Waals surface area contributed by atoms with Crippen LogP contribution in [0.15, 0.2) is 30.5 Å². The van der Waals surface area contributed by atoms with Gasteiger partial charge in [-0.05, 0) is 35.1 Å². The van der Waals surface area contributed by atoms with Gasteiger partial charge in [-0.25, -0.2) is 0 Å². The first kappa shape index (κ1) is 13.1. The fraction of sp³-hybridized carbons (Fsp3) is 0.333. The topological polar surface area (TPSA) is 53.6 Å². The molecule has 2 aromatic heterocycles. The maximum absolute atomic E-state index is 4.21. The van der Waals surface area contributed by atoms with Crippen molar-refractivity contribution in [1.29, 1.82) is 0 Å². The molecule has 0 atom stereocenters. The number of nitrogens with one attached hydrogen (secondary N) is 2. The molecule has 0 amide bonds. The second-order valence-electron chi connectivity index (χ2n) is 5.35. The monoisotopic (exact) mass is 286 g/mol. The summed E-state index contributed by atoms with van der Waals surface area (Å²) in [5, 5.41) is 15.0. The minimum Gasteiger partial charge on any atom is -0.361 e. The molecule has 3 aromatic rings. The highest BCUT2D eigenvalue weighted by molar-refractivity contribution is 7.15. The lowest BCUT2D eigenvalue weighted by molar-refractivity contribution is 0.640. The van der Waals surface area contributed by atoms with Gasteiger partial charge in [-0.3, -0.25) is 0 Å². The molecular weight excluding hydrogens is 268 g/mol. The summed E-state index contributed by atoms with van der Waals surface area (Å²) in [6, 6.07) is 8.51. The summed E-state index contributed by atoms with van der Waals surface area (Å²) in [7, 11) is 0. The van der Waals surface area contributed by atoms with Crippen molar-refractivity contribution in [3.05, 3.63) is 41.0 Å². The number of aromatic amines is 1. The van der Waals surface area contributed by atoms with Crippen molar-refractivity contribution in [2.75, 3.05) is 5.32 Å². The van der Waals surface area contributed by atoms with E-state index in [9.17, 15) is 0 Å². The third-order valence-corrected chi connectivity index (χ3v) is 4.01. The molecule has 104 valence electrons. The number of benzene rings is 1. The first-order valence-electron chi connectivity index (χ1n) is 6.83. The third-order valence-electron chi connectivity index (χ3n) is 3.11. The van der Waals surface area contributed by atoms with Crippen LogP contribution >= 0.6 is 11.3 Å². The molecule has 0 spiro atoms. The van der Waals surface area contributed by atoms with Crippen LogP contribution in [-0.2, 0) is 13.0 Å². The minimum atomic E-state index is 0.617. The third kappa shape index (κ3) is 2.99. The smallest absolute Gasteiger partial charge is 0.205 e. The zero-order valence-corrected chi connectivity index (χ0v) is 12.5. The molecule has 4 nitrogen and oxygen atoms in total. The Labute approximate surface area is 122 Å². The Morgan fingerprint density at radius 3 is 3.00 bits per heavy atom. The van der Waals surface area contributed by atoms with Crippen molar-refractivity contribution in [3.8, 4) is 0 Å². The van der Waals surface area contributed by atoms with E-state index in [1.54, 1.807) is 11.3 Å². The van der Waals surface area contributed by atoms with Crippen molar-refractivity contribution >= 4 is 27.4 Å². The lowest BCUT2D eigenvalue weighted by atomic mass is 10.1. The molecular formula is C15H18N4S. The van der Waals surface area contributed by atoms with Crippen molar-refractivity contribution < 1.29 is 0 Å². The zero-order valence-electron chi connectivity index (χ0n) is 11.7. The predicted octanol–water partition coefficient (Wildman–Crippen LogP) is 3.83. The van der Waals surface area contributed by atoms with Crippen LogP contribution in [-0.4, -0.2) is 15.2 Å². The van der Waals surface area contributed by atoms with Crippen LogP contribution in [0.1, 0.15) is 24.4 Å². The molecule has 3 rings (SSSR count). The van der Waals surface area contributed by atoms with Crippen LogP contribution < -0.4 is 5.32 Å². The molecule has 0 aliphatic carbocycles. The van der Waals surface area contributed by atoms with E-state index in [1.807, 2.05) is 6.20 Å². The Hall–Kier alpha value is -1.88. The van der Waals surface area contributed by atoms with Crippen molar-refractivity contribution in [3.63, 3.8) is 0 Å². The van der Waals surface area contributed by atoms with E-state index in [2.05, 4.69) is 58.6 Å². The molecule has 0 aliphatic heterocycles. The van der Waals surface area contributed by atoms with Gasteiger partial charge < -0.3 is 10.3 Å².